The van der Waals surface area contributed by atoms with Crippen molar-refractivity contribution in [1.29, 1.82) is 0 Å². The van der Waals surface area contributed by atoms with Gasteiger partial charge in [0.15, 0.2) is 0 Å². The van der Waals surface area contributed by atoms with Crippen LogP contribution in [0.3, 0.4) is 0 Å². The Morgan fingerprint density at radius 3 is 2.72 bits per heavy atom. The summed E-state index contributed by atoms with van der Waals surface area (Å²) >= 11 is 0. The van der Waals surface area contributed by atoms with Gasteiger partial charge < -0.3 is 14.8 Å². The lowest BCUT2D eigenvalue weighted by atomic mass is 9.88. The maximum atomic E-state index is 11.9. The summed E-state index contributed by atoms with van der Waals surface area (Å²) in [5.41, 5.74) is -0.739. The molecule has 0 aliphatic heterocycles. The highest BCUT2D eigenvalue weighted by atomic mass is 16.5. The molecule has 1 fully saturated rings. The van der Waals surface area contributed by atoms with Crippen LogP contribution in [0.15, 0.2) is 0 Å². The first-order valence-corrected chi connectivity index (χ1v) is 6.99. The average Bonchev–Trinajstić information content (AvgIpc) is 2.36. The molecule has 1 aliphatic carbocycles. The Kier molecular flexibility index (Phi) is 6.09. The van der Waals surface area contributed by atoms with E-state index in [-0.39, 0.29) is 12.1 Å². The van der Waals surface area contributed by atoms with Gasteiger partial charge in [-0.3, -0.25) is 0 Å². The number of ether oxygens (including phenoxy) is 2. The Bertz CT molecular complexity index is 270. The summed E-state index contributed by atoms with van der Waals surface area (Å²) in [6.07, 6.45) is 5.01. The van der Waals surface area contributed by atoms with E-state index in [2.05, 4.69) is 12.2 Å². The van der Waals surface area contributed by atoms with Gasteiger partial charge in [-0.2, -0.15) is 0 Å². The minimum absolute atomic E-state index is 0.239. The molecule has 106 valence electrons. The highest BCUT2D eigenvalue weighted by Gasteiger charge is 2.34. The van der Waals surface area contributed by atoms with Gasteiger partial charge in [0, 0.05) is 0 Å². The number of hydrogen-bond donors (Lipinski definition) is 1. The summed E-state index contributed by atoms with van der Waals surface area (Å²) in [6.45, 7) is 6.68. The first kappa shape index (κ1) is 15.4. The van der Waals surface area contributed by atoms with E-state index in [0.717, 1.165) is 18.8 Å². The molecule has 4 heteroatoms. The van der Waals surface area contributed by atoms with Crippen molar-refractivity contribution in [2.24, 2.45) is 5.92 Å². The Hall–Kier alpha value is -0.610. The number of rotatable bonds is 6. The molecule has 0 amide bonds. The second kappa shape index (κ2) is 7.10. The van der Waals surface area contributed by atoms with Crippen LogP contribution >= 0.6 is 0 Å². The topological polar surface area (TPSA) is 47.6 Å². The molecule has 0 aromatic heterocycles. The Morgan fingerprint density at radius 1 is 1.44 bits per heavy atom. The van der Waals surface area contributed by atoms with Gasteiger partial charge in [0.25, 0.3) is 0 Å². The van der Waals surface area contributed by atoms with Crippen LogP contribution in [0.2, 0.25) is 0 Å². The lowest BCUT2D eigenvalue weighted by Gasteiger charge is -2.32. The average molecular weight is 257 g/mol. The van der Waals surface area contributed by atoms with E-state index in [0.29, 0.717) is 13.2 Å². The lowest BCUT2D eigenvalue weighted by molar-refractivity contribution is -0.154. The Morgan fingerprint density at radius 2 is 2.17 bits per heavy atom. The van der Waals surface area contributed by atoms with Gasteiger partial charge in [-0.1, -0.05) is 19.8 Å². The van der Waals surface area contributed by atoms with Crippen LogP contribution in [-0.2, 0) is 14.3 Å². The fraction of sp³-hybridized carbons (Fsp3) is 0.929. The molecule has 1 saturated carbocycles. The van der Waals surface area contributed by atoms with Crippen LogP contribution in [0, 0.1) is 5.92 Å². The molecule has 0 aromatic carbocycles. The highest BCUT2D eigenvalue weighted by molar-refractivity contribution is 5.80. The second-order valence-electron chi connectivity index (χ2n) is 5.51. The fourth-order valence-electron chi connectivity index (χ4n) is 2.34. The zero-order valence-corrected chi connectivity index (χ0v) is 12.1. The molecule has 0 bridgehead atoms. The summed E-state index contributed by atoms with van der Waals surface area (Å²) in [6, 6.07) is 0. The Labute approximate surface area is 110 Å². The molecule has 4 nitrogen and oxygen atoms in total. The molecular weight excluding hydrogens is 230 g/mol. The number of carbonyl (C=O) groups is 1. The van der Waals surface area contributed by atoms with Crippen molar-refractivity contribution in [3.8, 4) is 0 Å². The third-order valence-electron chi connectivity index (χ3n) is 3.77. The molecule has 3 unspecified atom stereocenters. The van der Waals surface area contributed by atoms with Gasteiger partial charge in [-0.15, -0.1) is 0 Å². The van der Waals surface area contributed by atoms with Crippen LogP contribution in [0.1, 0.15) is 46.5 Å². The van der Waals surface area contributed by atoms with E-state index in [1.165, 1.54) is 12.8 Å². The van der Waals surface area contributed by atoms with E-state index in [1.54, 1.807) is 7.05 Å². The number of likely N-dealkylation sites (N-methyl/N-ethyl adjacent to an activating group) is 1. The lowest BCUT2D eigenvalue weighted by Crippen LogP contribution is -2.53. The van der Waals surface area contributed by atoms with Gasteiger partial charge in [0.05, 0.1) is 19.3 Å². The summed E-state index contributed by atoms with van der Waals surface area (Å²) < 4.78 is 11.0. The number of carbonyl (C=O) groups excluding carboxylic acids is 1. The maximum absolute atomic E-state index is 11.9. The third-order valence-corrected chi connectivity index (χ3v) is 3.77. The Balaban J connectivity index is 2.45. The van der Waals surface area contributed by atoms with Crippen molar-refractivity contribution in [2.75, 3.05) is 20.3 Å². The van der Waals surface area contributed by atoms with E-state index in [1.807, 2.05) is 13.8 Å². The van der Waals surface area contributed by atoms with Crippen LogP contribution in [0.5, 0.6) is 0 Å². The number of nitrogens with one attached hydrogen (secondary N) is 1. The summed E-state index contributed by atoms with van der Waals surface area (Å²) in [4.78, 5) is 11.9. The van der Waals surface area contributed by atoms with Crippen molar-refractivity contribution in [3.05, 3.63) is 0 Å². The van der Waals surface area contributed by atoms with Gasteiger partial charge >= 0.3 is 5.97 Å². The molecule has 0 saturated heterocycles. The van der Waals surface area contributed by atoms with Crippen LogP contribution < -0.4 is 5.32 Å². The molecule has 18 heavy (non-hydrogen) atoms. The molecule has 0 radical (unpaired) electrons. The largest absolute Gasteiger partial charge is 0.465 e. The minimum Gasteiger partial charge on any atom is -0.465 e. The van der Waals surface area contributed by atoms with Crippen molar-refractivity contribution in [2.45, 2.75) is 58.1 Å². The molecule has 0 heterocycles. The number of hydrogen-bond acceptors (Lipinski definition) is 4. The molecule has 0 spiro atoms. The molecule has 1 N–H and O–H groups in total. The van der Waals surface area contributed by atoms with Crippen molar-refractivity contribution < 1.29 is 14.3 Å². The molecule has 1 aliphatic rings. The smallest absolute Gasteiger partial charge is 0.328 e. The quantitative estimate of drug-likeness (QED) is 0.740. The standard InChI is InChI=1S/C14H27NO3/c1-5-17-13(16)14(3,15-4)10-18-12-8-6-7-11(2)9-12/h11-12,15H,5-10H2,1-4H3. The fourth-order valence-corrected chi connectivity index (χ4v) is 2.34. The van der Waals surface area contributed by atoms with Gasteiger partial charge in [-0.25, -0.2) is 4.79 Å². The third kappa shape index (κ3) is 4.25. The van der Waals surface area contributed by atoms with Crippen LogP contribution in [0.25, 0.3) is 0 Å². The summed E-state index contributed by atoms with van der Waals surface area (Å²) in [5.74, 6) is 0.489. The molecule has 1 rings (SSSR count). The molecule has 3 atom stereocenters. The second-order valence-corrected chi connectivity index (χ2v) is 5.51. The number of esters is 1. The minimum atomic E-state index is -0.739. The normalized spacial score (nSPS) is 27.6. The highest BCUT2D eigenvalue weighted by Crippen LogP contribution is 2.26. The zero-order chi connectivity index (χ0) is 13.6. The van der Waals surface area contributed by atoms with Gasteiger partial charge in [0.1, 0.15) is 5.54 Å². The first-order chi connectivity index (χ1) is 8.51. The van der Waals surface area contributed by atoms with E-state index < -0.39 is 5.54 Å². The maximum Gasteiger partial charge on any atom is 0.328 e. The van der Waals surface area contributed by atoms with Gasteiger partial charge in [0.2, 0.25) is 0 Å². The first-order valence-electron chi connectivity index (χ1n) is 6.99. The summed E-state index contributed by atoms with van der Waals surface area (Å²) in [5, 5.41) is 3.01. The predicted octanol–water partition coefficient (Wildman–Crippen LogP) is 2.12. The molecular formula is C14H27NO3. The van der Waals surface area contributed by atoms with Crippen molar-refractivity contribution in [3.63, 3.8) is 0 Å². The van der Waals surface area contributed by atoms with E-state index in [9.17, 15) is 4.79 Å². The molecule has 0 aromatic rings. The van der Waals surface area contributed by atoms with E-state index >= 15 is 0 Å². The SMILES string of the molecule is CCOC(=O)C(C)(COC1CCCC(C)C1)NC. The van der Waals surface area contributed by atoms with E-state index in [4.69, 9.17) is 9.47 Å². The van der Waals surface area contributed by atoms with Crippen LogP contribution in [-0.4, -0.2) is 37.9 Å². The van der Waals surface area contributed by atoms with Gasteiger partial charge in [-0.05, 0) is 39.7 Å². The van der Waals surface area contributed by atoms with Crippen LogP contribution in [0.4, 0.5) is 0 Å². The summed E-state index contributed by atoms with van der Waals surface area (Å²) in [7, 11) is 1.77. The zero-order valence-electron chi connectivity index (χ0n) is 12.1. The van der Waals surface area contributed by atoms with Crippen molar-refractivity contribution in [1.82, 2.24) is 5.32 Å². The monoisotopic (exact) mass is 257 g/mol. The van der Waals surface area contributed by atoms with Crippen molar-refractivity contribution >= 4 is 5.97 Å². The predicted molar refractivity (Wildman–Crippen MR) is 71.5 cm³/mol.